The van der Waals surface area contributed by atoms with Crippen molar-refractivity contribution >= 4 is 23.9 Å². The number of hydrogen-bond acceptors (Lipinski definition) is 8. The molecule has 1 radical (unpaired) electrons. The number of hydrogen-bond donors (Lipinski definition) is 0. The molecule has 2 aliphatic heterocycles. The van der Waals surface area contributed by atoms with Crippen LogP contribution < -0.4 is 0 Å². The lowest BCUT2D eigenvalue weighted by molar-refractivity contribution is -0.166. The first-order valence-corrected chi connectivity index (χ1v) is 7.95. The zero-order chi connectivity index (χ0) is 20.3. The summed E-state index contributed by atoms with van der Waals surface area (Å²) >= 11 is 0. The van der Waals surface area contributed by atoms with Crippen molar-refractivity contribution in [3.63, 3.8) is 0 Å². The number of esters is 3. The smallest absolute Gasteiger partial charge is 0.333 e. The van der Waals surface area contributed by atoms with Gasteiger partial charge < -0.3 is 18.9 Å². The SMILES string of the molecule is CC(=O)OC[C@H]1O[C@@H](N2C=C=C([O])N(C)C2=O)[C@H](OC(C)=O)[C@@H]1OC(C)=O. The third-order valence-electron chi connectivity index (χ3n) is 3.75. The number of carbonyl (C=O) groups excluding carboxylic acids is 4. The molecular weight excluding hydrogens is 364 g/mol. The molecule has 2 heterocycles. The van der Waals surface area contributed by atoms with E-state index in [1.807, 2.05) is 0 Å². The molecule has 2 aliphatic rings. The Morgan fingerprint density at radius 2 is 1.70 bits per heavy atom. The highest BCUT2D eigenvalue weighted by molar-refractivity contribution is 5.78. The van der Waals surface area contributed by atoms with E-state index in [-0.39, 0.29) is 6.61 Å². The molecule has 0 spiro atoms. The number of amides is 2. The van der Waals surface area contributed by atoms with Crippen LogP contribution in [0.2, 0.25) is 0 Å². The molecule has 4 atom stereocenters. The van der Waals surface area contributed by atoms with E-state index in [9.17, 15) is 24.3 Å². The Balaban J connectivity index is 2.37. The molecule has 0 saturated carbocycles. The lowest BCUT2D eigenvalue weighted by atomic mass is 10.1. The lowest BCUT2D eigenvalue weighted by Gasteiger charge is -2.32. The highest BCUT2D eigenvalue weighted by Crippen LogP contribution is 2.31. The van der Waals surface area contributed by atoms with Gasteiger partial charge in [-0.2, -0.15) is 0 Å². The summed E-state index contributed by atoms with van der Waals surface area (Å²) in [7, 11) is 1.24. The molecule has 11 nitrogen and oxygen atoms in total. The van der Waals surface area contributed by atoms with Crippen LogP contribution in [0.3, 0.4) is 0 Å². The Kier molecular flexibility index (Phi) is 6.09. The molecule has 147 valence electrons. The standard InChI is InChI=1S/C16H19N2O9/c1-8(19)24-7-11-13(25-9(2)20)14(26-10(3)21)15(27-11)18-6-5-12(22)17(4)16(18)23/h6,11,13-15H,7H2,1-4H3/t11-,13-,14-,15-/m1/s1. The topological polar surface area (TPSA) is 132 Å². The number of rotatable bonds is 5. The van der Waals surface area contributed by atoms with Crippen LogP contribution in [0.5, 0.6) is 0 Å². The molecule has 11 heteroatoms. The van der Waals surface area contributed by atoms with Gasteiger partial charge in [0, 0.05) is 27.8 Å². The van der Waals surface area contributed by atoms with E-state index in [1.54, 1.807) is 0 Å². The fraction of sp³-hybridized carbons (Fsp3) is 0.562. The van der Waals surface area contributed by atoms with Crippen LogP contribution in [0.15, 0.2) is 17.8 Å². The Bertz CT molecular complexity index is 711. The average Bonchev–Trinajstić information content (AvgIpc) is 2.87. The largest absolute Gasteiger partial charge is 0.463 e. The van der Waals surface area contributed by atoms with Gasteiger partial charge in [-0.05, 0) is 5.73 Å². The zero-order valence-electron chi connectivity index (χ0n) is 15.2. The van der Waals surface area contributed by atoms with Crippen molar-refractivity contribution in [2.24, 2.45) is 0 Å². The molecular formula is C16H19N2O9. The second-order valence-electron chi connectivity index (χ2n) is 5.84. The van der Waals surface area contributed by atoms with E-state index in [4.69, 9.17) is 18.9 Å². The fourth-order valence-electron chi connectivity index (χ4n) is 2.64. The van der Waals surface area contributed by atoms with E-state index in [1.165, 1.54) is 14.0 Å². The summed E-state index contributed by atoms with van der Waals surface area (Å²) in [5, 5.41) is 11.6. The van der Waals surface area contributed by atoms with Gasteiger partial charge in [-0.25, -0.2) is 4.79 Å². The normalized spacial score (nSPS) is 27.3. The number of nitrogens with zero attached hydrogens (tertiary/aromatic N) is 2. The van der Waals surface area contributed by atoms with Crippen LogP contribution in [-0.2, 0) is 38.4 Å². The van der Waals surface area contributed by atoms with Gasteiger partial charge in [-0.3, -0.25) is 29.3 Å². The molecule has 1 saturated heterocycles. The van der Waals surface area contributed by atoms with Crippen LogP contribution in [0, 0.1) is 0 Å². The predicted molar refractivity (Wildman–Crippen MR) is 83.7 cm³/mol. The molecule has 0 aromatic heterocycles. The molecule has 0 aromatic carbocycles. The molecule has 2 rings (SSSR count). The van der Waals surface area contributed by atoms with Crippen molar-refractivity contribution in [3.8, 4) is 0 Å². The van der Waals surface area contributed by atoms with Gasteiger partial charge in [-0.15, -0.1) is 0 Å². The van der Waals surface area contributed by atoms with E-state index in [2.05, 4.69) is 5.73 Å². The first-order chi connectivity index (χ1) is 12.6. The summed E-state index contributed by atoms with van der Waals surface area (Å²) in [5.74, 6) is -2.65. The molecule has 2 amide bonds. The minimum Gasteiger partial charge on any atom is -0.463 e. The minimum absolute atomic E-state index is 0.300. The molecule has 27 heavy (non-hydrogen) atoms. The van der Waals surface area contributed by atoms with Crippen molar-refractivity contribution < 1.29 is 43.2 Å². The van der Waals surface area contributed by atoms with Crippen LogP contribution >= 0.6 is 0 Å². The van der Waals surface area contributed by atoms with Crippen molar-refractivity contribution in [2.45, 2.75) is 45.3 Å². The van der Waals surface area contributed by atoms with Gasteiger partial charge in [0.15, 0.2) is 18.4 Å². The third-order valence-corrected chi connectivity index (χ3v) is 3.75. The Morgan fingerprint density at radius 3 is 2.26 bits per heavy atom. The van der Waals surface area contributed by atoms with Gasteiger partial charge in [-0.1, -0.05) is 0 Å². The maximum Gasteiger partial charge on any atom is 0.333 e. The molecule has 1 fully saturated rings. The average molecular weight is 383 g/mol. The molecule has 0 N–H and O–H groups in total. The number of carbonyl (C=O) groups is 4. The minimum atomic E-state index is -1.23. The van der Waals surface area contributed by atoms with Gasteiger partial charge in [0.1, 0.15) is 12.7 Å². The molecule has 0 aromatic rings. The van der Waals surface area contributed by atoms with Crippen LogP contribution in [0.1, 0.15) is 20.8 Å². The molecule has 0 aliphatic carbocycles. The first-order valence-electron chi connectivity index (χ1n) is 7.95. The monoisotopic (exact) mass is 383 g/mol. The van der Waals surface area contributed by atoms with E-state index in [0.29, 0.717) is 0 Å². The Morgan fingerprint density at radius 1 is 1.11 bits per heavy atom. The highest BCUT2D eigenvalue weighted by atomic mass is 16.7. The molecule has 0 unspecified atom stereocenters. The predicted octanol–water partition coefficient (Wildman–Crippen LogP) is -0.110. The van der Waals surface area contributed by atoms with Gasteiger partial charge in [0.25, 0.3) is 5.88 Å². The summed E-state index contributed by atoms with van der Waals surface area (Å²) in [6.07, 6.45) is -3.52. The van der Waals surface area contributed by atoms with Crippen LogP contribution in [-0.4, -0.2) is 71.9 Å². The number of urea groups is 1. The molecule has 0 bridgehead atoms. The van der Waals surface area contributed by atoms with Crippen LogP contribution in [0.25, 0.3) is 0 Å². The van der Waals surface area contributed by atoms with Gasteiger partial charge >= 0.3 is 23.9 Å². The van der Waals surface area contributed by atoms with Crippen molar-refractivity contribution in [2.75, 3.05) is 13.7 Å². The Labute approximate surface area is 154 Å². The second kappa shape index (κ2) is 8.11. The van der Waals surface area contributed by atoms with Crippen LogP contribution in [0.4, 0.5) is 4.79 Å². The van der Waals surface area contributed by atoms with Crippen molar-refractivity contribution in [1.82, 2.24) is 9.80 Å². The summed E-state index contributed by atoms with van der Waals surface area (Å²) in [6.45, 7) is 3.17. The van der Waals surface area contributed by atoms with Crippen molar-refractivity contribution in [1.29, 1.82) is 0 Å². The third kappa shape index (κ3) is 4.57. The highest BCUT2D eigenvalue weighted by Gasteiger charge is 2.53. The van der Waals surface area contributed by atoms with E-state index in [0.717, 1.165) is 29.8 Å². The van der Waals surface area contributed by atoms with Gasteiger partial charge in [0.05, 0.1) is 6.20 Å². The quantitative estimate of drug-likeness (QED) is 0.365. The van der Waals surface area contributed by atoms with E-state index < -0.39 is 54.4 Å². The maximum absolute atomic E-state index is 12.4. The van der Waals surface area contributed by atoms with Crippen molar-refractivity contribution in [3.05, 3.63) is 17.8 Å². The Hall–Kier alpha value is -3.04. The first kappa shape index (κ1) is 20.3. The summed E-state index contributed by atoms with van der Waals surface area (Å²) in [5.41, 5.74) is 2.34. The van der Waals surface area contributed by atoms with E-state index >= 15 is 0 Å². The van der Waals surface area contributed by atoms with Gasteiger partial charge in [0.2, 0.25) is 0 Å². The summed E-state index contributed by atoms with van der Waals surface area (Å²) in [4.78, 5) is 48.3. The fourth-order valence-corrected chi connectivity index (χ4v) is 2.64. The summed E-state index contributed by atoms with van der Waals surface area (Å²) in [6, 6.07) is -0.754. The zero-order valence-corrected chi connectivity index (χ0v) is 15.2. The number of ether oxygens (including phenoxy) is 4. The lowest BCUT2D eigenvalue weighted by Crippen LogP contribution is -2.51. The summed E-state index contributed by atoms with van der Waals surface area (Å²) < 4.78 is 21.0. The maximum atomic E-state index is 12.4. The second-order valence-corrected chi connectivity index (χ2v) is 5.84.